The fourth-order valence-electron chi connectivity index (χ4n) is 2.30. The molecule has 16 heavy (non-hydrogen) atoms. The molecule has 0 bridgehead atoms. The summed E-state index contributed by atoms with van der Waals surface area (Å²) in [5, 5.41) is 13.3. The third-order valence-electron chi connectivity index (χ3n) is 3.49. The predicted molar refractivity (Wildman–Crippen MR) is 66.5 cm³/mol. The number of likely N-dealkylation sites (N-methyl/N-ethyl adjacent to an activating group) is 1. The smallest absolute Gasteiger partial charge is 0.0917 e. The molecular formula is C14H21NO. The first kappa shape index (κ1) is 11.6. The van der Waals surface area contributed by atoms with Crippen LogP contribution in [0.4, 0.5) is 0 Å². The Kier molecular flexibility index (Phi) is 3.97. The molecule has 2 N–H and O–H groups in total. The van der Waals surface area contributed by atoms with E-state index < -0.39 is 0 Å². The molecule has 1 fully saturated rings. The van der Waals surface area contributed by atoms with Crippen LogP contribution in [0.15, 0.2) is 24.3 Å². The molecule has 0 saturated heterocycles. The number of hydrogen-bond donors (Lipinski definition) is 2. The Balaban J connectivity index is 2.11. The van der Waals surface area contributed by atoms with E-state index in [-0.39, 0.29) is 6.10 Å². The molecule has 1 atom stereocenters. The minimum Gasteiger partial charge on any atom is -0.387 e. The van der Waals surface area contributed by atoms with Gasteiger partial charge < -0.3 is 10.4 Å². The molecule has 2 rings (SSSR count). The van der Waals surface area contributed by atoms with E-state index in [4.69, 9.17) is 0 Å². The van der Waals surface area contributed by atoms with Gasteiger partial charge in [-0.2, -0.15) is 0 Å². The molecular weight excluding hydrogens is 198 g/mol. The van der Waals surface area contributed by atoms with Gasteiger partial charge in [0.15, 0.2) is 0 Å². The van der Waals surface area contributed by atoms with Crippen molar-refractivity contribution in [2.24, 2.45) is 0 Å². The SMILES string of the molecule is CCNCC(O)c1ccccc1C1CCC1. The second-order valence-corrected chi connectivity index (χ2v) is 4.58. The van der Waals surface area contributed by atoms with Gasteiger partial charge in [-0.25, -0.2) is 0 Å². The van der Waals surface area contributed by atoms with Crippen molar-refractivity contribution in [2.45, 2.75) is 38.2 Å². The molecule has 1 aliphatic carbocycles. The monoisotopic (exact) mass is 219 g/mol. The Labute approximate surface area is 97.7 Å². The van der Waals surface area contributed by atoms with Crippen molar-refractivity contribution in [1.29, 1.82) is 0 Å². The molecule has 0 heterocycles. The Morgan fingerprint density at radius 3 is 2.75 bits per heavy atom. The second kappa shape index (κ2) is 5.46. The Morgan fingerprint density at radius 1 is 1.38 bits per heavy atom. The highest BCUT2D eigenvalue weighted by Gasteiger charge is 2.23. The number of aliphatic hydroxyl groups excluding tert-OH is 1. The molecule has 1 aromatic carbocycles. The summed E-state index contributed by atoms with van der Waals surface area (Å²) < 4.78 is 0. The van der Waals surface area contributed by atoms with Crippen LogP contribution >= 0.6 is 0 Å². The Morgan fingerprint density at radius 2 is 2.12 bits per heavy atom. The van der Waals surface area contributed by atoms with Gasteiger partial charge in [-0.15, -0.1) is 0 Å². The summed E-state index contributed by atoms with van der Waals surface area (Å²) in [5.41, 5.74) is 2.48. The molecule has 0 amide bonds. The lowest BCUT2D eigenvalue weighted by molar-refractivity contribution is 0.173. The third kappa shape index (κ3) is 2.45. The zero-order valence-corrected chi connectivity index (χ0v) is 9.95. The van der Waals surface area contributed by atoms with Crippen molar-refractivity contribution in [3.05, 3.63) is 35.4 Å². The third-order valence-corrected chi connectivity index (χ3v) is 3.49. The van der Waals surface area contributed by atoms with E-state index in [1.807, 2.05) is 6.07 Å². The summed E-state index contributed by atoms with van der Waals surface area (Å²) >= 11 is 0. The molecule has 0 spiro atoms. The lowest BCUT2D eigenvalue weighted by Crippen LogP contribution is -2.22. The van der Waals surface area contributed by atoms with Gasteiger partial charge in [-0.3, -0.25) is 0 Å². The van der Waals surface area contributed by atoms with Crippen molar-refractivity contribution in [2.75, 3.05) is 13.1 Å². The van der Waals surface area contributed by atoms with Crippen molar-refractivity contribution in [3.8, 4) is 0 Å². The highest BCUT2D eigenvalue weighted by Crippen LogP contribution is 2.39. The maximum atomic E-state index is 10.1. The lowest BCUT2D eigenvalue weighted by Gasteiger charge is -2.29. The maximum Gasteiger partial charge on any atom is 0.0917 e. The Bertz CT molecular complexity index is 333. The van der Waals surface area contributed by atoms with Crippen LogP contribution in [-0.4, -0.2) is 18.2 Å². The fourth-order valence-corrected chi connectivity index (χ4v) is 2.30. The molecule has 1 unspecified atom stereocenters. The topological polar surface area (TPSA) is 32.3 Å². The minimum absolute atomic E-state index is 0.364. The highest BCUT2D eigenvalue weighted by molar-refractivity contribution is 5.33. The van der Waals surface area contributed by atoms with Gasteiger partial charge in [0.2, 0.25) is 0 Å². The molecule has 1 saturated carbocycles. The fraction of sp³-hybridized carbons (Fsp3) is 0.571. The summed E-state index contributed by atoms with van der Waals surface area (Å²) in [7, 11) is 0. The van der Waals surface area contributed by atoms with Gasteiger partial charge in [0.25, 0.3) is 0 Å². The van der Waals surface area contributed by atoms with E-state index >= 15 is 0 Å². The molecule has 0 aliphatic heterocycles. The van der Waals surface area contributed by atoms with Crippen LogP contribution < -0.4 is 5.32 Å². The van der Waals surface area contributed by atoms with Crippen LogP contribution in [0.1, 0.15) is 49.3 Å². The summed E-state index contributed by atoms with van der Waals surface area (Å²) in [6.07, 6.45) is 3.54. The predicted octanol–water partition coefficient (Wildman–Crippen LogP) is 2.60. The molecule has 1 aliphatic rings. The van der Waals surface area contributed by atoms with E-state index in [1.165, 1.54) is 24.8 Å². The van der Waals surface area contributed by atoms with Crippen LogP contribution in [0.2, 0.25) is 0 Å². The molecule has 2 nitrogen and oxygen atoms in total. The number of rotatable bonds is 5. The van der Waals surface area contributed by atoms with Crippen LogP contribution in [0.25, 0.3) is 0 Å². The van der Waals surface area contributed by atoms with Crippen LogP contribution in [0.5, 0.6) is 0 Å². The zero-order chi connectivity index (χ0) is 11.4. The summed E-state index contributed by atoms with van der Waals surface area (Å²) in [6.45, 7) is 3.62. The van der Waals surface area contributed by atoms with Gasteiger partial charge in [-0.1, -0.05) is 37.6 Å². The average Bonchev–Trinajstić information content (AvgIpc) is 2.24. The number of hydrogen-bond acceptors (Lipinski definition) is 2. The van der Waals surface area contributed by atoms with Gasteiger partial charge in [0, 0.05) is 6.54 Å². The minimum atomic E-state index is -0.364. The van der Waals surface area contributed by atoms with Gasteiger partial charge in [-0.05, 0) is 36.4 Å². The van der Waals surface area contributed by atoms with Crippen molar-refractivity contribution < 1.29 is 5.11 Å². The van der Waals surface area contributed by atoms with E-state index in [0.717, 1.165) is 12.1 Å². The first-order valence-corrected chi connectivity index (χ1v) is 6.30. The zero-order valence-electron chi connectivity index (χ0n) is 9.95. The largest absolute Gasteiger partial charge is 0.387 e. The number of aliphatic hydroxyl groups is 1. The van der Waals surface area contributed by atoms with Gasteiger partial charge in [0.1, 0.15) is 0 Å². The van der Waals surface area contributed by atoms with Crippen molar-refractivity contribution in [1.82, 2.24) is 5.32 Å². The van der Waals surface area contributed by atoms with E-state index in [0.29, 0.717) is 12.5 Å². The standard InChI is InChI=1S/C14H21NO/c1-2-15-10-14(16)13-9-4-3-8-12(13)11-6-5-7-11/h3-4,8-9,11,14-16H,2,5-7,10H2,1H3. The average molecular weight is 219 g/mol. The van der Waals surface area contributed by atoms with E-state index in [1.54, 1.807) is 0 Å². The van der Waals surface area contributed by atoms with Gasteiger partial charge in [0.05, 0.1) is 6.10 Å². The molecule has 2 heteroatoms. The lowest BCUT2D eigenvalue weighted by atomic mass is 9.77. The number of nitrogens with one attached hydrogen (secondary N) is 1. The summed E-state index contributed by atoms with van der Waals surface area (Å²) in [4.78, 5) is 0. The summed E-state index contributed by atoms with van der Waals surface area (Å²) in [5.74, 6) is 0.687. The van der Waals surface area contributed by atoms with Crippen LogP contribution in [-0.2, 0) is 0 Å². The molecule has 88 valence electrons. The van der Waals surface area contributed by atoms with Crippen LogP contribution in [0, 0.1) is 0 Å². The van der Waals surface area contributed by atoms with Crippen molar-refractivity contribution in [3.63, 3.8) is 0 Å². The quantitative estimate of drug-likeness (QED) is 0.798. The van der Waals surface area contributed by atoms with Crippen LogP contribution in [0.3, 0.4) is 0 Å². The molecule has 0 aromatic heterocycles. The molecule has 1 aromatic rings. The Hall–Kier alpha value is -0.860. The normalized spacial score (nSPS) is 18.1. The highest BCUT2D eigenvalue weighted by atomic mass is 16.3. The first-order valence-electron chi connectivity index (χ1n) is 6.30. The second-order valence-electron chi connectivity index (χ2n) is 4.58. The summed E-state index contributed by atoms with van der Waals surface area (Å²) in [6, 6.07) is 8.34. The van der Waals surface area contributed by atoms with Crippen molar-refractivity contribution >= 4 is 0 Å². The van der Waals surface area contributed by atoms with E-state index in [2.05, 4.69) is 30.4 Å². The molecule has 0 radical (unpaired) electrons. The maximum absolute atomic E-state index is 10.1. The first-order chi connectivity index (χ1) is 7.83. The number of benzene rings is 1. The van der Waals surface area contributed by atoms with E-state index in [9.17, 15) is 5.11 Å². The van der Waals surface area contributed by atoms with Gasteiger partial charge >= 0.3 is 0 Å².